The van der Waals surface area contributed by atoms with E-state index < -0.39 is 5.60 Å². The Morgan fingerprint density at radius 3 is 2.28 bits per heavy atom. The fraction of sp³-hybridized carbons (Fsp3) is 0.429. The number of benzene rings is 1. The van der Waals surface area contributed by atoms with Crippen LogP contribution in [0.25, 0.3) is 0 Å². The van der Waals surface area contributed by atoms with Crippen LogP contribution in [0.15, 0.2) is 24.3 Å². The van der Waals surface area contributed by atoms with Crippen molar-refractivity contribution in [3.8, 4) is 6.07 Å². The number of carbonyl (C=O) groups is 1. The number of hydrogen-bond donors (Lipinski definition) is 0. The highest BCUT2D eigenvalue weighted by Crippen LogP contribution is 2.18. The van der Waals surface area contributed by atoms with Crippen molar-refractivity contribution in [3.63, 3.8) is 0 Å². The molecule has 4 nitrogen and oxygen atoms in total. The lowest BCUT2D eigenvalue weighted by Crippen LogP contribution is -2.36. The Hall–Kier alpha value is -2.02. The molecule has 0 aliphatic rings. The first kappa shape index (κ1) is 14.0. The molecule has 96 valence electrons. The molecule has 1 amide bonds. The van der Waals surface area contributed by atoms with Crippen molar-refractivity contribution in [2.75, 3.05) is 11.4 Å². The third kappa shape index (κ3) is 3.77. The maximum atomic E-state index is 12.0. The zero-order valence-corrected chi connectivity index (χ0v) is 11.2. The van der Waals surface area contributed by atoms with Gasteiger partial charge in [-0.15, -0.1) is 0 Å². The maximum Gasteiger partial charge on any atom is 0.414 e. The minimum atomic E-state index is -0.517. The Morgan fingerprint density at radius 1 is 1.33 bits per heavy atom. The zero-order chi connectivity index (χ0) is 13.8. The molecule has 0 unspecified atom stereocenters. The summed E-state index contributed by atoms with van der Waals surface area (Å²) in [6.45, 7) is 7.88. The molecule has 0 bridgehead atoms. The van der Waals surface area contributed by atoms with Gasteiger partial charge in [-0.1, -0.05) is 0 Å². The second kappa shape index (κ2) is 5.54. The molecule has 0 spiro atoms. The van der Waals surface area contributed by atoms with Gasteiger partial charge >= 0.3 is 6.09 Å². The largest absolute Gasteiger partial charge is 0.443 e. The smallest absolute Gasteiger partial charge is 0.414 e. The highest BCUT2D eigenvalue weighted by atomic mass is 16.6. The van der Waals surface area contributed by atoms with Gasteiger partial charge in [-0.2, -0.15) is 5.26 Å². The van der Waals surface area contributed by atoms with E-state index in [1.54, 1.807) is 24.3 Å². The quantitative estimate of drug-likeness (QED) is 0.804. The van der Waals surface area contributed by atoms with Crippen molar-refractivity contribution < 1.29 is 9.53 Å². The van der Waals surface area contributed by atoms with Crippen LogP contribution in [0.4, 0.5) is 10.5 Å². The summed E-state index contributed by atoms with van der Waals surface area (Å²) >= 11 is 0. The van der Waals surface area contributed by atoms with Crippen LogP contribution >= 0.6 is 0 Å². The fourth-order valence-electron chi connectivity index (χ4n) is 1.45. The van der Waals surface area contributed by atoms with Gasteiger partial charge in [0.05, 0.1) is 11.6 Å². The molecule has 0 aliphatic heterocycles. The van der Waals surface area contributed by atoms with Gasteiger partial charge in [0.2, 0.25) is 0 Å². The third-order valence-corrected chi connectivity index (χ3v) is 2.24. The van der Waals surface area contributed by atoms with Crippen LogP contribution in [0.5, 0.6) is 0 Å². The van der Waals surface area contributed by atoms with Gasteiger partial charge in [0.25, 0.3) is 0 Å². The Bertz CT molecular complexity index is 452. The molecule has 0 radical (unpaired) electrons. The van der Waals surface area contributed by atoms with Crippen molar-refractivity contribution in [2.24, 2.45) is 0 Å². The van der Waals surface area contributed by atoms with Gasteiger partial charge in [-0.25, -0.2) is 4.79 Å². The van der Waals surface area contributed by atoms with Crippen LogP contribution in [-0.2, 0) is 4.74 Å². The van der Waals surface area contributed by atoms with Gasteiger partial charge in [0, 0.05) is 12.2 Å². The van der Waals surface area contributed by atoms with Crippen LogP contribution < -0.4 is 4.90 Å². The van der Waals surface area contributed by atoms with Crippen LogP contribution in [-0.4, -0.2) is 18.2 Å². The summed E-state index contributed by atoms with van der Waals surface area (Å²) < 4.78 is 5.32. The molecular formula is C14H18N2O2. The van der Waals surface area contributed by atoms with Crippen molar-refractivity contribution >= 4 is 11.8 Å². The van der Waals surface area contributed by atoms with E-state index in [1.165, 1.54) is 4.90 Å². The van der Waals surface area contributed by atoms with Gasteiger partial charge in [0.1, 0.15) is 5.60 Å². The Balaban J connectivity index is 2.89. The molecule has 0 saturated carbocycles. The molecule has 1 aromatic carbocycles. The summed E-state index contributed by atoms with van der Waals surface area (Å²) in [6.07, 6.45) is -0.380. The number of nitriles is 1. The highest BCUT2D eigenvalue weighted by molar-refractivity contribution is 5.87. The number of anilines is 1. The first-order chi connectivity index (χ1) is 8.37. The Morgan fingerprint density at radius 2 is 1.89 bits per heavy atom. The summed E-state index contributed by atoms with van der Waals surface area (Å²) in [7, 11) is 0. The average molecular weight is 246 g/mol. The SMILES string of the molecule is CCN(C(=O)OC(C)(C)C)c1ccc(C#N)cc1. The van der Waals surface area contributed by atoms with E-state index in [1.807, 2.05) is 33.8 Å². The topological polar surface area (TPSA) is 53.3 Å². The molecule has 0 fully saturated rings. The van der Waals surface area contributed by atoms with E-state index in [0.29, 0.717) is 12.1 Å². The highest BCUT2D eigenvalue weighted by Gasteiger charge is 2.22. The first-order valence-electron chi connectivity index (χ1n) is 5.88. The number of nitrogens with zero attached hydrogens (tertiary/aromatic N) is 2. The van der Waals surface area contributed by atoms with E-state index >= 15 is 0 Å². The van der Waals surface area contributed by atoms with Gasteiger partial charge in [-0.3, -0.25) is 4.90 Å². The molecule has 0 N–H and O–H groups in total. The standard InChI is InChI=1S/C14H18N2O2/c1-5-16(13(17)18-14(2,3)4)12-8-6-11(10-15)7-9-12/h6-9H,5H2,1-4H3. The molecule has 4 heteroatoms. The second-order valence-corrected chi connectivity index (χ2v) is 4.88. The molecule has 0 atom stereocenters. The average Bonchev–Trinajstić information content (AvgIpc) is 2.28. The van der Waals surface area contributed by atoms with E-state index in [0.717, 1.165) is 5.69 Å². The molecule has 1 aromatic rings. The van der Waals surface area contributed by atoms with E-state index in [2.05, 4.69) is 0 Å². The number of rotatable bonds is 2. The molecule has 0 saturated heterocycles. The maximum absolute atomic E-state index is 12.0. The summed E-state index contributed by atoms with van der Waals surface area (Å²) in [5, 5.41) is 8.73. The van der Waals surface area contributed by atoms with E-state index in [9.17, 15) is 4.79 Å². The Kier molecular flexibility index (Phi) is 4.33. The molecule has 18 heavy (non-hydrogen) atoms. The number of hydrogen-bond acceptors (Lipinski definition) is 3. The molecular weight excluding hydrogens is 228 g/mol. The lowest BCUT2D eigenvalue weighted by Gasteiger charge is -2.26. The summed E-state index contributed by atoms with van der Waals surface area (Å²) in [5.41, 5.74) is 0.779. The van der Waals surface area contributed by atoms with E-state index in [-0.39, 0.29) is 6.09 Å². The zero-order valence-electron chi connectivity index (χ0n) is 11.2. The lowest BCUT2D eigenvalue weighted by molar-refractivity contribution is 0.0582. The third-order valence-electron chi connectivity index (χ3n) is 2.24. The normalized spacial score (nSPS) is 10.6. The minimum Gasteiger partial charge on any atom is -0.443 e. The van der Waals surface area contributed by atoms with Crippen molar-refractivity contribution in [1.29, 1.82) is 5.26 Å². The van der Waals surface area contributed by atoms with E-state index in [4.69, 9.17) is 10.00 Å². The fourth-order valence-corrected chi connectivity index (χ4v) is 1.45. The summed E-state index contributed by atoms with van der Waals surface area (Å²) in [6, 6.07) is 8.89. The number of amides is 1. The number of ether oxygens (including phenoxy) is 1. The van der Waals surface area contributed by atoms with Crippen LogP contribution in [0, 0.1) is 11.3 Å². The predicted molar refractivity (Wildman–Crippen MR) is 70.4 cm³/mol. The van der Waals surface area contributed by atoms with Crippen molar-refractivity contribution in [2.45, 2.75) is 33.3 Å². The minimum absolute atomic E-state index is 0.380. The van der Waals surface area contributed by atoms with Crippen LogP contribution in [0.3, 0.4) is 0 Å². The molecule has 0 heterocycles. The second-order valence-electron chi connectivity index (χ2n) is 4.88. The summed E-state index contributed by atoms with van der Waals surface area (Å²) in [5.74, 6) is 0. The predicted octanol–water partition coefficient (Wildman–Crippen LogP) is 3.32. The van der Waals surface area contributed by atoms with Gasteiger partial charge in [0.15, 0.2) is 0 Å². The van der Waals surface area contributed by atoms with Gasteiger partial charge < -0.3 is 4.74 Å². The first-order valence-corrected chi connectivity index (χ1v) is 5.88. The van der Waals surface area contributed by atoms with Crippen LogP contribution in [0.1, 0.15) is 33.3 Å². The number of carbonyl (C=O) groups excluding carboxylic acids is 1. The molecule has 1 rings (SSSR count). The van der Waals surface area contributed by atoms with Crippen molar-refractivity contribution in [1.82, 2.24) is 0 Å². The lowest BCUT2D eigenvalue weighted by atomic mass is 10.2. The van der Waals surface area contributed by atoms with Crippen molar-refractivity contribution in [3.05, 3.63) is 29.8 Å². The van der Waals surface area contributed by atoms with Crippen LogP contribution in [0.2, 0.25) is 0 Å². The Labute approximate surface area is 108 Å². The molecule has 0 aliphatic carbocycles. The summed E-state index contributed by atoms with van der Waals surface area (Å²) in [4.78, 5) is 13.5. The van der Waals surface area contributed by atoms with Gasteiger partial charge in [-0.05, 0) is 52.0 Å². The monoisotopic (exact) mass is 246 g/mol. The molecule has 0 aromatic heterocycles.